The number of alkyl carbamates (subject to hydrolysis) is 1. The van der Waals surface area contributed by atoms with E-state index in [-0.39, 0.29) is 18.4 Å². The van der Waals surface area contributed by atoms with Crippen LogP contribution in [-0.4, -0.2) is 53.5 Å². The van der Waals surface area contributed by atoms with Crippen LogP contribution in [0.1, 0.15) is 55.6 Å². The smallest absolute Gasteiger partial charge is 0.407 e. The number of aliphatic hydroxyl groups excluding tert-OH is 1. The lowest BCUT2D eigenvalue weighted by atomic mass is 9.84. The molecule has 186 valence electrons. The number of hydrogen-bond acceptors (Lipinski definition) is 5. The number of aliphatic carboxylic acids is 1. The molecule has 1 saturated carbocycles. The van der Waals surface area contributed by atoms with Crippen molar-refractivity contribution in [2.24, 2.45) is 5.92 Å². The Morgan fingerprint density at radius 2 is 1.54 bits per heavy atom. The number of amides is 2. The van der Waals surface area contributed by atoms with E-state index in [0.29, 0.717) is 6.42 Å². The number of hydrogen-bond donors (Lipinski definition) is 4. The molecular weight excluding hydrogens is 448 g/mol. The van der Waals surface area contributed by atoms with E-state index in [1.54, 1.807) is 0 Å². The number of carboxylic acid groups (broad SMARTS) is 1. The maximum atomic E-state index is 12.8. The van der Waals surface area contributed by atoms with Crippen LogP contribution in [0, 0.1) is 5.92 Å². The quantitative estimate of drug-likeness (QED) is 0.436. The fourth-order valence-electron chi connectivity index (χ4n) is 5.18. The Bertz CT molecular complexity index is 1020. The highest BCUT2D eigenvalue weighted by atomic mass is 16.5. The summed E-state index contributed by atoms with van der Waals surface area (Å²) >= 11 is 0. The van der Waals surface area contributed by atoms with Gasteiger partial charge in [-0.05, 0) is 34.6 Å². The Kier molecular flexibility index (Phi) is 8.02. The van der Waals surface area contributed by atoms with Crippen molar-refractivity contribution in [3.63, 3.8) is 0 Å². The second kappa shape index (κ2) is 11.4. The van der Waals surface area contributed by atoms with Crippen molar-refractivity contribution < 1.29 is 29.3 Å². The van der Waals surface area contributed by atoms with Gasteiger partial charge < -0.3 is 25.6 Å². The molecule has 0 aromatic heterocycles. The highest BCUT2D eigenvalue weighted by molar-refractivity contribution is 5.86. The van der Waals surface area contributed by atoms with Crippen LogP contribution in [0.2, 0.25) is 0 Å². The zero-order valence-corrected chi connectivity index (χ0v) is 19.6. The van der Waals surface area contributed by atoms with Gasteiger partial charge in [-0.1, -0.05) is 80.6 Å². The molecule has 8 heteroatoms. The van der Waals surface area contributed by atoms with Crippen LogP contribution in [0.3, 0.4) is 0 Å². The number of carboxylic acids is 1. The summed E-state index contributed by atoms with van der Waals surface area (Å²) in [5, 5.41) is 23.5. The average Bonchev–Trinajstić information content (AvgIpc) is 3.19. The third kappa shape index (κ3) is 6.00. The number of carbonyl (C=O) groups is 3. The van der Waals surface area contributed by atoms with Crippen LogP contribution >= 0.6 is 0 Å². The number of aliphatic hydroxyl groups is 1. The van der Waals surface area contributed by atoms with Crippen LogP contribution in [0.15, 0.2) is 48.5 Å². The summed E-state index contributed by atoms with van der Waals surface area (Å²) in [5.74, 6) is -1.75. The molecule has 35 heavy (non-hydrogen) atoms. The maximum Gasteiger partial charge on any atom is 0.407 e. The molecular formula is C27H32N2O6. The van der Waals surface area contributed by atoms with Gasteiger partial charge in [-0.3, -0.25) is 4.79 Å². The van der Waals surface area contributed by atoms with Crippen LogP contribution in [-0.2, 0) is 14.3 Å². The number of benzene rings is 2. The Morgan fingerprint density at radius 1 is 0.943 bits per heavy atom. The molecule has 2 aliphatic rings. The van der Waals surface area contributed by atoms with Gasteiger partial charge in [-0.2, -0.15) is 0 Å². The van der Waals surface area contributed by atoms with Crippen molar-refractivity contribution in [3.8, 4) is 11.1 Å². The lowest BCUT2D eigenvalue weighted by Gasteiger charge is -2.26. The molecule has 2 amide bonds. The number of fused-ring (bicyclic) bond motifs is 3. The molecule has 0 aliphatic heterocycles. The van der Waals surface area contributed by atoms with Crippen molar-refractivity contribution in [1.82, 2.24) is 10.6 Å². The van der Waals surface area contributed by atoms with Crippen LogP contribution < -0.4 is 10.6 Å². The minimum absolute atomic E-state index is 0.0931. The highest BCUT2D eigenvalue weighted by Crippen LogP contribution is 2.44. The van der Waals surface area contributed by atoms with Crippen LogP contribution in [0.25, 0.3) is 11.1 Å². The molecule has 2 aromatic rings. The zero-order valence-electron chi connectivity index (χ0n) is 19.6. The number of ether oxygens (including phenoxy) is 1. The molecule has 0 bridgehead atoms. The van der Waals surface area contributed by atoms with Crippen molar-refractivity contribution in [2.75, 3.05) is 13.2 Å². The Labute approximate surface area is 204 Å². The number of carbonyl (C=O) groups excluding carboxylic acids is 2. The summed E-state index contributed by atoms with van der Waals surface area (Å²) in [6.45, 7) is -0.295. The predicted molar refractivity (Wildman–Crippen MR) is 130 cm³/mol. The molecule has 4 rings (SSSR count). The van der Waals surface area contributed by atoms with Gasteiger partial charge in [0.05, 0.1) is 6.54 Å². The molecule has 1 fully saturated rings. The molecule has 1 unspecified atom stereocenters. The monoisotopic (exact) mass is 480 g/mol. The van der Waals surface area contributed by atoms with Gasteiger partial charge >= 0.3 is 12.1 Å². The van der Waals surface area contributed by atoms with E-state index in [4.69, 9.17) is 9.84 Å². The second-order valence-electron chi connectivity index (χ2n) is 9.36. The Balaban J connectivity index is 1.40. The lowest BCUT2D eigenvalue weighted by molar-refractivity contribution is -0.146. The molecule has 2 aliphatic carbocycles. The van der Waals surface area contributed by atoms with Gasteiger partial charge in [0.1, 0.15) is 12.6 Å². The first kappa shape index (κ1) is 24.7. The summed E-state index contributed by atoms with van der Waals surface area (Å²) in [5.41, 5.74) is 4.45. The number of rotatable bonds is 9. The van der Waals surface area contributed by atoms with Crippen LogP contribution in [0.5, 0.6) is 0 Å². The van der Waals surface area contributed by atoms with E-state index in [1.165, 1.54) is 0 Å². The lowest BCUT2D eigenvalue weighted by Crippen LogP contribution is -2.50. The van der Waals surface area contributed by atoms with Crippen molar-refractivity contribution in [3.05, 3.63) is 59.7 Å². The molecule has 0 saturated heterocycles. The highest BCUT2D eigenvalue weighted by Gasteiger charge is 2.31. The van der Waals surface area contributed by atoms with Crippen molar-refractivity contribution in [1.29, 1.82) is 0 Å². The van der Waals surface area contributed by atoms with Gasteiger partial charge in [-0.25, -0.2) is 9.59 Å². The van der Waals surface area contributed by atoms with Gasteiger partial charge in [0.15, 0.2) is 6.10 Å². The fourth-order valence-corrected chi connectivity index (χ4v) is 5.18. The summed E-state index contributed by atoms with van der Waals surface area (Å²) in [6.07, 6.45) is 3.34. The zero-order chi connectivity index (χ0) is 24.8. The molecule has 0 heterocycles. The third-order valence-corrected chi connectivity index (χ3v) is 7.00. The van der Waals surface area contributed by atoms with Crippen molar-refractivity contribution in [2.45, 2.75) is 56.6 Å². The van der Waals surface area contributed by atoms with E-state index < -0.39 is 36.7 Å². The largest absolute Gasteiger partial charge is 0.479 e. The van der Waals surface area contributed by atoms with E-state index in [0.717, 1.165) is 54.4 Å². The van der Waals surface area contributed by atoms with Gasteiger partial charge in [0.2, 0.25) is 5.91 Å². The fraction of sp³-hybridized carbons (Fsp3) is 0.444. The normalized spacial score (nSPS) is 17.1. The minimum atomic E-state index is -1.70. The SMILES string of the molecule is O=C(NC(CC1CCCCC1)C(=O)NC[C@H](O)C(=O)O)OCC1c2ccccc2-c2ccccc21. The van der Waals surface area contributed by atoms with Gasteiger partial charge in [0, 0.05) is 5.92 Å². The summed E-state index contributed by atoms with van der Waals surface area (Å²) in [7, 11) is 0. The summed E-state index contributed by atoms with van der Waals surface area (Å²) in [4.78, 5) is 36.4. The Morgan fingerprint density at radius 3 is 2.14 bits per heavy atom. The Hall–Kier alpha value is -3.39. The van der Waals surface area contributed by atoms with Crippen molar-refractivity contribution >= 4 is 18.0 Å². The minimum Gasteiger partial charge on any atom is -0.479 e. The first-order chi connectivity index (χ1) is 16.9. The van der Waals surface area contributed by atoms with E-state index in [1.807, 2.05) is 36.4 Å². The summed E-state index contributed by atoms with van der Waals surface area (Å²) in [6, 6.07) is 15.2. The molecule has 4 N–H and O–H groups in total. The molecule has 2 aromatic carbocycles. The number of nitrogens with one attached hydrogen (secondary N) is 2. The molecule has 2 atom stereocenters. The molecule has 8 nitrogen and oxygen atoms in total. The first-order valence-corrected chi connectivity index (χ1v) is 12.2. The molecule has 0 spiro atoms. The first-order valence-electron chi connectivity index (χ1n) is 12.2. The average molecular weight is 481 g/mol. The second-order valence-corrected chi connectivity index (χ2v) is 9.36. The predicted octanol–water partition coefficient (Wildman–Crippen LogP) is 3.43. The van der Waals surface area contributed by atoms with Gasteiger partial charge in [-0.15, -0.1) is 0 Å². The topological polar surface area (TPSA) is 125 Å². The van der Waals surface area contributed by atoms with Gasteiger partial charge in [0.25, 0.3) is 0 Å². The third-order valence-electron chi connectivity index (χ3n) is 7.00. The maximum absolute atomic E-state index is 12.8. The van der Waals surface area contributed by atoms with Crippen LogP contribution in [0.4, 0.5) is 4.79 Å². The summed E-state index contributed by atoms with van der Waals surface area (Å²) < 4.78 is 5.60. The standard InChI is InChI=1S/C27H32N2O6/c30-24(26(32)33)15-28-25(31)23(14-17-8-2-1-3-9-17)29-27(34)35-16-22-20-12-6-4-10-18(20)19-11-5-7-13-21(19)22/h4-7,10-13,17,22-24,30H,1-3,8-9,14-16H2,(H,28,31)(H,29,34)(H,32,33)/t23?,24-/m0/s1. The van der Waals surface area contributed by atoms with E-state index in [2.05, 4.69) is 22.8 Å². The van der Waals surface area contributed by atoms with E-state index in [9.17, 15) is 19.5 Å². The molecule has 0 radical (unpaired) electrons. The van der Waals surface area contributed by atoms with E-state index >= 15 is 0 Å².